The summed E-state index contributed by atoms with van der Waals surface area (Å²) >= 11 is 2.67. The monoisotopic (exact) mass is 411 g/mol. The maximum absolute atomic E-state index is 12.5. The van der Waals surface area contributed by atoms with Crippen LogP contribution in [0.3, 0.4) is 0 Å². The van der Waals surface area contributed by atoms with E-state index in [-0.39, 0.29) is 11.2 Å². The van der Waals surface area contributed by atoms with Gasteiger partial charge in [-0.2, -0.15) is 0 Å². The first-order valence-electron chi connectivity index (χ1n) is 8.53. The highest BCUT2D eigenvalue weighted by atomic mass is 32.2. The first-order valence-corrected chi connectivity index (χ1v) is 10.2. The molecule has 28 heavy (non-hydrogen) atoms. The number of anilines is 1. The van der Waals surface area contributed by atoms with Gasteiger partial charge in [0.15, 0.2) is 10.2 Å². The van der Waals surface area contributed by atoms with Crippen molar-refractivity contribution in [3.8, 4) is 16.3 Å². The molecule has 4 rings (SSSR count). The van der Waals surface area contributed by atoms with Crippen LogP contribution < -0.4 is 10.1 Å². The molecule has 2 N–H and O–H groups in total. The summed E-state index contributed by atoms with van der Waals surface area (Å²) in [6.07, 6.45) is 0. The number of ether oxygens (including phenoxy) is 1. The molecule has 0 bridgehead atoms. The van der Waals surface area contributed by atoms with E-state index in [1.807, 2.05) is 55.5 Å². The summed E-state index contributed by atoms with van der Waals surface area (Å²) in [7, 11) is 1.61. The van der Waals surface area contributed by atoms with Crippen molar-refractivity contribution in [1.29, 1.82) is 0 Å². The normalized spacial score (nSPS) is 12.1. The van der Waals surface area contributed by atoms with Gasteiger partial charge in [-0.1, -0.05) is 47.4 Å². The molecule has 0 radical (unpaired) electrons. The van der Waals surface area contributed by atoms with E-state index < -0.39 is 0 Å². The smallest absolute Gasteiger partial charge is 0.239 e. The number of benzene rings is 2. The SMILES string of the molecule is COc1ccccc1-c1nnc(NC(=O)[C@H](C)Sc2nc3ccccc3[nH]2)s1. The van der Waals surface area contributed by atoms with Crippen molar-refractivity contribution in [1.82, 2.24) is 20.2 Å². The van der Waals surface area contributed by atoms with Gasteiger partial charge in [-0.25, -0.2) is 4.98 Å². The van der Waals surface area contributed by atoms with Crippen LogP contribution in [0.15, 0.2) is 53.7 Å². The lowest BCUT2D eigenvalue weighted by atomic mass is 10.2. The molecule has 7 nitrogen and oxygen atoms in total. The second-order valence-electron chi connectivity index (χ2n) is 5.92. The Hall–Kier alpha value is -2.91. The van der Waals surface area contributed by atoms with E-state index in [0.717, 1.165) is 16.6 Å². The van der Waals surface area contributed by atoms with Crippen LogP contribution in [0.2, 0.25) is 0 Å². The third-order valence-electron chi connectivity index (χ3n) is 4.02. The number of hydrogen-bond donors (Lipinski definition) is 2. The van der Waals surface area contributed by atoms with Gasteiger partial charge in [0.2, 0.25) is 11.0 Å². The average Bonchev–Trinajstić information content (AvgIpc) is 3.34. The van der Waals surface area contributed by atoms with Crippen molar-refractivity contribution in [2.24, 2.45) is 0 Å². The Bertz CT molecular complexity index is 1090. The van der Waals surface area contributed by atoms with Crippen molar-refractivity contribution >= 4 is 45.2 Å². The minimum absolute atomic E-state index is 0.159. The summed E-state index contributed by atoms with van der Waals surface area (Å²) in [5.74, 6) is 0.554. The zero-order valence-electron chi connectivity index (χ0n) is 15.2. The van der Waals surface area contributed by atoms with E-state index in [1.54, 1.807) is 7.11 Å². The van der Waals surface area contributed by atoms with E-state index in [1.165, 1.54) is 23.1 Å². The van der Waals surface area contributed by atoms with Gasteiger partial charge in [-0.05, 0) is 31.2 Å². The van der Waals surface area contributed by atoms with Gasteiger partial charge in [0.25, 0.3) is 0 Å². The van der Waals surface area contributed by atoms with Crippen molar-refractivity contribution in [2.75, 3.05) is 12.4 Å². The molecule has 2 aromatic heterocycles. The molecule has 0 aliphatic rings. The highest BCUT2D eigenvalue weighted by Crippen LogP contribution is 2.33. The van der Waals surface area contributed by atoms with Crippen LogP contribution >= 0.6 is 23.1 Å². The Morgan fingerprint density at radius 3 is 2.79 bits per heavy atom. The van der Waals surface area contributed by atoms with Gasteiger partial charge in [-0.15, -0.1) is 10.2 Å². The zero-order valence-corrected chi connectivity index (χ0v) is 16.8. The van der Waals surface area contributed by atoms with Crippen molar-refractivity contribution in [3.05, 3.63) is 48.5 Å². The second kappa shape index (κ2) is 7.99. The summed E-state index contributed by atoms with van der Waals surface area (Å²) in [5.41, 5.74) is 2.67. The van der Waals surface area contributed by atoms with E-state index in [0.29, 0.717) is 21.0 Å². The Morgan fingerprint density at radius 1 is 1.18 bits per heavy atom. The predicted molar refractivity (Wildman–Crippen MR) is 112 cm³/mol. The molecule has 0 saturated heterocycles. The molecule has 142 valence electrons. The third kappa shape index (κ3) is 3.85. The van der Waals surface area contributed by atoms with Gasteiger partial charge in [0.05, 0.1) is 29.0 Å². The van der Waals surface area contributed by atoms with E-state index in [9.17, 15) is 4.79 Å². The first-order chi connectivity index (χ1) is 13.6. The number of H-pyrrole nitrogens is 1. The fourth-order valence-electron chi connectivity index (χ4n) is 2.62. The van der Waals surface area contributed by atoms with Crippen molar-refractivity contribution < 1.29 is 9.53 Å². The number of amides is 1. The summed E-state index contributed by atoms with van der Waals surface area (Å²) in [4.78, 5) is 20.3. The molecule has 0 fully saturated rings. The maximum atomic E-state index is 12.5. The number of rotatable bonds is 6. The predicted octanol–water partition coefficient (Wildman–Crippen LogP) is 4.21. The Balaban J connectivity index is 1.44. The Morgan fingerprint density at radius 2 is 1.96 bits per heavy atom. The fraction of sp³-hybridized carbons (Fsp3) is 0.158. The van der Waals surface area contributed by atoms with Crippen LogP contribution in [0.5, 0.6) is 5.75 Å². The number of carbonyl (C=O) groups excluding carboxylic acids is 1. The number of nitrogens with one attached hydrogen (secondary N) is 2. The van der Waals surface area contributed by atoms with Crippen LogP contribution in [0.4, 0.5) is 5.13 Å². The Kier molecular flexibility index (Phi) is 5.27. The first kappa shape index (κ1) is 18.5. The van der Waals surface area contributed by atoms with Crippen LogP contribution in [-0.2, 0) is 4.79 Å². The summed E-state index contributed by atoms with van der Waals surface area (Å²) in [6, 6.07) is 15.3. The number of aromatic nitrogens is 4. The van der Waals surface area contributed by atoms with Gasteiger partial charge in [-0.3, -0.25) is 10.1 Å². The van der Waals surface area contributed by atoms with Gasteiger partial charge in [0.1, 0.15) is 5.75 Å². The van der Waals surface area contributed by atoms with E-state index in [4.69, 9.17) is 4.74 Å². The molecule has 0 aliphatic carbocycles. The number of nitrogens with zero attached hydrogens (tertiary/aromatic N) is 3. The molecular weight excluding hydrogens is 394 g/mol. The number of aromatic amines is 1. The molecule has 0 saturated carbocycles. The van der Waals surface area contributed by atoms with Gasteiger partial charge >= 0.3 is 0 Å². The van der Waals surface area contributed by atoms with Gasteiger partial charge < -0.3 is 9.72 Å². The number of imidazole rings is 1. The van der Waals surface area contributed by atoms with Crippen LogP contribution in [-0.4, -0.2) is 38.4 Å². The third-order valence-corrected chi connectivity index (χ3v) is 5.87. The summed E-state index contributed by atoms with van der Waals surface area (Å²) < 4.78 is 5.36. The number of hydrogen-bond acceptors (Lipinski definition) is 7. The lowest BCUT2D eigenvalue weighted by molar-refractivity contribution is -0.115. The molecule has 0 aliphatic heterocycles. The molecule has 0 unspecified atom stereocenters. The second-order valence-corrected chi connectivity index (χ2v) is 8.23. The number of carbonyl (C=O) groups is 1. The summed E-state index contributed by atoms with van der Waals surface area (Å²) in [5, 5.41) is 12.6. The summed E-state index contributed by atoms with van der Waals surface area (Å²) in [6.45, 7) is 1.83. The largest absolute Gasteiger partial charge is 0.496 e. The Labute approximate surface area is 169 Å². The lowest BCUT2D eigenvalue weighted by Crippen LogP contribution is -2.22. The molecule has 4 aromatic rings. The number of methoxy groups -OCH3 is 1. The van der Waals surface area contributed by atoms with Crippen molar-refractivity contribution in [3.63, 3.8) is 0 Å². The molecule has 1 amide bonds. The molecule has 2 aromatic carbocycles. The van der Waals surface area contributed by atoms with E-state index >= 15 is 0 Å². The molecular formula is C19H17N5O2S2. The lowest BCUT2D eigenvalue weighted by Gasteiger charge is -2.07. The standard InChI is InChI=1S/C19H17N5O2S2/c1-11(27-18-20-13-8-4-5-9-14(13)21-18)16(25)22-19-24-23-17(28-19)12-7-3-6-10-15(12)26-2/h3-11H,1-2H3,(H,20,21)(H,22,24,25)/t11-/m0/s1. The van der Waals surface area contributed by atoms with Crippen LogP contribution in [0.1, 0.15) is 6.92 Å². The fourth-order valence-corrected chi connectivity index (χ4v) is 4.21. The molecule has 2 heterocycles. The highest BCUT2D eigenvalue weighted by molar-refractivity contribution is 8.00. The number of fused-ring (bicyclic) bond motifs is 1. The topological polar surface area (TPSA) is 92.8 Å². The van der Waals surface area contributed by atoms with Gasteiger partial charge in [0, 0.05) is 0 Å². The van der Waals surface area contributed by atoms with Crippen molar-refractivity contribution in [2.45, 2.75) is 17.3 Å². The van der Waals surface area contributed by atoms with Crippen LogP contribution in [0.25, 0.3) is 21.6 Å². The number of para-hydroxylation sites is 3. The minimum Gasteiger partial charge on any atom is -0.496 e. The van der Waals surface area contributed by atoms with E-state index in [2.05, 4.69) is 25.5 Å². The number of thioether (sulfide) groups is 1. The minimum atomic E-state index is -0.348. The quantitative estimate of drug-likeness (QED) is 0.462. The zero-order chi connectivity index (χ0) is 19.5. The maximum Gasteiger partial charge on any atom is 0.239 e. The molecule has 1 atom stereocenters. The average molecular weight is 412 g/mol. The highest BCUT2D eigenvalue weighted by Gasteiger charge is 2.19. The molecule has 0 spiro atoms. The molecule has 9 heteroatoms. The van der Waals surface area contributed by atoms with Crippen LogP contribution in [0, 0.1) is 0 Å².